The number of nitrogens with one attached hydrogen (secondary N) is 1. The van der Waals surface area contributed by atoms with Crippen molar-refractivity contribution in [2.45, 2.75) is 45.0 Å². The van der Waals surface area contributed by atoms with Gasteiger partial charge in [0.2, 0.25) is 11.5 Å². The van der Waals surface area contributed by atoms with Gasteiger partial charge in [-0.2, -0.15) is 13.2 Å². The normalized spacial score (nSPS) is 15.6. The average Bonchev–Trinajstić information content (AvgIpc) is 2.84. The average molecular weight is 354 g/mol. The number of carbonyl (C=O) groups is 2. The zero-order valence-corrected chi connectivity index (χ0v) is 13.5. The van der Waals surface area contributed by atoms with Crippen LogP contribution in [0.5, 0.6) is 0 Å². The Kier molecular flexibility index (Phi) is 6.11. The molecule has 0 aromatic carbocycles. The molecule has 1 aromatic rings. The van der Waals surface area contributed by atoms with E-state index in [0.29, 0.717) is 17.0 Å². The molecule has 0 unspecified atom stereocenters. The summed E-state index contributed by atoms with van der Waals surface area (Å²) < 4.78 is 44.3. The molecule has 0 aliphatic heterocycles. The first-order valence-corrected chi connectivity index (χ1v) is 7.57. The van der Waals surface area contributed by atoms with Crippen molar-refractivity contribution < 1.29 is 32.6 Å². The number of hydrogen-bond donors (Lipinski definition) is 2. The van der Waals surface area contributed by atoms with Gasteiger partial charge in [-0.05, 0) is 20.8 Å². The highest BCUT2D eigenvalue weighted by Crippen LogP contribution is 2.42. The Morgan fingerprint density at radius 3 is 2.52 bits per heavy atom. The third-order valence-corrected chi connectivity index (χ3v) is 3.99. The molecule has 10 heteroatoms. The van der Waals surface area contributed by atoms with Crippen molar-refractivity contribution in [2.24, 2.45) is 0 Å². The third-order valence-electron chi connectivity index (χ3n) is 2.88. The van der Waals surface area contributed by atoms with Gasteiger partial charge >= 0.3 is 12.1 Å². The quantitative estimate of drug-likeness (QED) is 0.759. The molecule has 0 fully saturated rings. The summed E-state index contributed by atoms with van der Waals surface area (Å²) in [7, 11) is 0. The first kappa shape index (κ1) is 19.4. The largest absolute Gasteiger partial charge is 0.464 e. The molecule has 0 saturated heterocycles. The summed E-state index contributed by atoms with van der Waals surface area (Å²) in [6, 6.07) is -1.13. The van der Waals surface area contributed by atoms with Crippen LogP contribution in [0.4, 0.5) is 13.2 Å². The van der Waals surface area contributed by atoms with Crippen LogP contribution < -0.4 is 5.32 Å². The lowest BCUT2D eigenvalue weighted by Crippen LogP contribution is -2.48. The van der Waals surface area contributed by atoms with E-state index in [2.05, 4.69) is 15.0 Å². The highest BCUT2D eigenvalue weighted by molar-refractivity contribution is 7.09. The minimum absolute atomic E-state index is 0.0733. The van der Waals surface area contributed by atoms with E-state index in [0.717, 1.165) is 0 Å². The molecule has 1 heterocycles. The van der Waals surface area contributed by atoms with Crippen molar-refractivity contribution >= 4 is 23.2 Å². The van der Waals surface area contributed by atoms with Crippen molar-refractivity contribution in [3.05, 3.63) is 16.1 Å². The predicted octanol–water partition coefficient (Wildman–Crippen LogP) is 1.66. The van der Waals surface area contributed by atoms with Crippen molar-refractivity contribution in [3.63, 3.8) is 0 Å². The van der Waals surface area contributed by atoms with Gasteiger partial charge in [-0.25, -0.2) is 9.78 Å². The number of amides is 1. The molecule has 0 aliphatic carbocycles. The second-order valence-electron chi connectivity index (χ2n) is 4.87. The number of ether oxygens (including phenoxy) is 1. The van der Waals surface area contributed by atoms with Gasteiger partial charge in [0.1, 0.15) is 11.0 Å². The van der Waals surface area contributed by atoms with Gasteiger partial charge in [-0.15, -0.1) is 11.3 Å². The fraction of sp³-hybridized carbons (Fsp3) is 0.615. The molecule has 1 aromatic heterocycles. The van der Waals surface area contributed by atoms with Crippen LogP contribution in [-0.2, 0) is 19.9 Å². The molecule has 23 heavy (non-hydrogen) atoms. The van der Waals surface area contributed by atoms with Gasteiger partial charge in [0.05, 0.1) is 13.0 Å². The lowest BCUT2D eigenvalue weighted by Gasteiger charge is -2.28. The number of esters is 1. The Hall–Kier alpha value is -1.68. The van der Waals surface area contributed by atoms with Crippen LogP contribution in [0, 0.1) is 6.92 Å². The van der Waals surface area contributed by atoms with E-state index < -0.39 is 41.1 Å². The molecular weight excluding hydrogens is 337 g/mol. The summed E-state index contributed by atoms with van der Waals surface area (Å²) in [6.45, 7) is 4.37. The number of hydrogen-bond acceptors (Lipinski definition) is 6. The Labute approximate surface area is 134 Å². The first-order chi connectivity index (χ1) is 10.5. The molecule has 2 N–H and O–H groups in total. The standard InChI is InChI=1S/C13H17F3N2O4S/c1-4-22-10(20)8(3)18-9(19)5-12(21,13(14,15)16)11-17-7(2)6-23-11/h6,8,21H,4-5H2,1-3H3,(H,18,19)/t8-,12-/m1/s1. The van der Waals surface area contributed by atoms with Gasteiger partial charge in [0.25, 0.3) is 0 Å². The Bertz CT molecular complexity index is 576. The van der Waals surface area contributed by atoms with E-state index in [1.807, 2.05) is 0 Å². The van der Waals surface area contributed by atoms with E-state index in [-0.39, 0.29) is 6.61 Å². The molecule has 2 atom stereocenters. The second-order valence-corrected chi connectivity index (χ2v) is 5.73. The van der Waals surface area contributed by atoms with Crippen LogP contribution in [-0.4, -0.2) is 40.8 Å². The third kappa shape index (κ3) is 4.64. The maximum atomic E-state index is 13.2. The number of thiazole rings is 1. The molecule has 0 bridgehead atoms. The maximum absolute atomic E-state index is 13.2. The lowest BCUT2D eigenvalue weighted by atomic mass is 9.99. The fourth-order valence-corrected chi connectivity index (χ4v) is 2.61. The summed E-state index contributed by atoms with van der Waals surface area (Å²) in [5.41, 5.74) is -3.11. The SMILES string of the molecule is CCOC(=O)[C@@H](C)NC(=O)C[C@@](O)(c1nc(C)cs1)C(F)(F)F. The van der Waals surface area contributed by atoms with Gasteiger partial charge in [0, 0.05) is 11.1 Å². The predicted molar refractivity (Wildman–Crippen MR) is 75.7 cm³/mol. The number of aromatic nitrogens is 1. The van der Waals surface area contributed by atoms with Crippen molar-refractivity contribution in [2.75, 3.05) is 6.61 Å². The fourth-order valence-electron chi connectivity index (χ4n) is 1.69. The maximum Gasteiger partial charge on any atom is 0.424 e. The Morgan fingerprint density at radius 2 is 2.09 bits per heavy atom. The number of halogens is 3. The highest BCUT2D eigenvalue weighted by atomic mass is 32.1. The summed E-state index contributed by atoms with van der Waals surface area (Å²) in [4.78, 5) is 26.8. The van der Waals surface area contributed by atoms with Crippen LogP contribution in [0.15, 0.2) is 5.38 Å². The Balaban J connectivity index is 2.91. The van der Waals surface area contributed by atoms with E-state index in [9.17, 15) is 27.9 Å². The summed E-state index contributed by atoms with van der Waals surface area (Å²) >= 11 is 0.606. The number of aliphatic hydroxyl groups is 1. The van der Waals surface area contributed by atoms with Crippen LogP contribution in [0.2, 0.25) is 0 Å². The van der Waals surface area contributed by atoms with Crippen molar-refractivity contribution in [1.82, 2.24) is 10.3 Å². The van der Waals surface area contributed by atoms with Crippen molar-refractivity contribution in [1.29, 1.82) is 0 Å². The molecule has 0 aliphatic rings. The molecule has 6 nitrogen and oxygen atoms in total. The number of carbonyl (C=O) groups excluding carboxylic acids is 2. The first-order valence-electron chi connectivity index (χ1n) is 6.69. The topological polar surface area (TPSA) is 88.5 Å². The minimum Gasteiger partial charge on any atom is -0.464 e. The molecule has 1 rings (SSSR count). The van der Waals surface area contributed by atoms with Crippen molar-refractivity contribution in [3.8, 4) is 0 Å². The van der Waals surface area contributed by atoms with E-state index in [1.54, 1.807) is 6.92 Å². The van der Waals surface area contributed by atoms with E-state index in [4.69, 9.17) is 0 Å². The molecule has 0 spiro atoms. The summed E-state index contributed by atoms with van der Waals surface area (Å²) in [5, 5.41) is 12.8. The van der Waals surface area contributed by atoms with E-state index in [1.165, 1.54) is 19.2 Å². The number of alkyl halides is 3. The molecule has 0 saturated carbocycles. The van der Waals surface area contributed by atoms with Gasteiger partial charge < -0.3 is 15.2 Å². The highest BCUT2D eigenvalue weighted by Gasteiger charge is 2.58. The van der Waals surface area contributed by atoms with Gasteiger partial charge in [-0.1, -0.05) is 0 Å². The van der Waals surface area contributed by atoms with E-state index >= 15 is 0 Å². The number of rotatable bonds is 6. The van der Waals surface area contributed by atoms with Crippen LogP contribution in [0.1, 0.15) is 31.0 Å². The molecule has 1 amide bonds. The van der Waals surface area contributed by atoms with Crippen LogP contribution >= 0.6 is 11.3 Å². The Morgan fingerprint density at radius 1 is 1.48 bits per heavy atom. The number of aryl methyl sites for hydroxylation is 1. The zero-order valence-electron chi connectivity index (χ0n) is 12.7. The van der Waals surface area contributed by atoms with Crippen LogP contribution in [0.3, 0.4) is 0 Å². The number of nitrogens with zero attached hydrogens (tertiary/aromatic N) is 1. The van der Waals surface area contributed by atoms with Gasteiger partial charge in [-0.3, -0.25) is 4.79 Å². The minimum atomic E-state index is -5.10. The molecule has 130 valence electrons. The molecular formula is C13H17F3N2O4S. The smallest absolute Gasteiger partial charge is 0.424 e. The second kappa shape index (κ2) is 7.26. The monoisotopic (exact) mass is 354 g/mol. The zero-order chi connectivity index (χ0) is 17.8. The summed E-state index contributed by atoms with van der Waals surface area (Å²) in [5.74, 6) is -1.92. The summed E-state index contributed by atoms with van der Waals surface area (Å²) in [6.07, 6.45) is -6.39. The lowest BCUT2D eigenvalue weighted by molar-refractivity contribution is -0.267. The van der Waals surface area contributed by atoms with Crippen LogP contribution in [0.25, 0.3) is 0 Å². The molecule has 0 radical (unpaired) electrons. The van der Waals surface area contributed by atoms with Gasteiger partial charge in [0.15, 0.2) is 0 Å².